The maximum absolute atomic E-state index is 12.1. The Bertz CT molecular complexity index is 835. The van der Waals surface area contributed by atoms with Crippen LogP contribution in [0.3, 0.4) is 0 Å². The van der Waals surface area contributed by atoms with Crippen LogP contribution >= 0.6 is 0 Å². The van der Waals surface area contributed by atoms with Crippen LogP contribution in [0.1, 0.15) is 12.0 Å². The number of ether oxygens (including phenoxy) is 4. The molecule has 0 bridgehead atoms. The molecule has 0 unspecified atom stereocenters. The third-order valence-electron chi connectivity index (χ3n) is 3.83. The van der Waals surface area contributed by atoms with Gasteiger partial charge in [-0.2, -0.15) is 0 Å². The zero-order valence-corrected chi connectivity index (χ0v) is 15.3. The van der Waals surface area contributed by atoms with Crippen molar-refractivity contribution in [2.75, 3.05) is 26.3 Å². The number of hydrogen-bond acceptors (Lipinski definition) is 6. The summed E-state index contributed by atoms with van der Waals surface area (Å²) in [6.45, 7) is 0.745. The standard InChI is InChI=1S/C18H21NO6S/c1-22-15-5-3-14(4-6-15)12-19-26(20,21)10-2-9-23-16-7-8-17-18(11-16)25-13-24-17/h3-8,11,19H,2,9-10,12-13H2,1H3. The van der Waals surface area contributed by atoms with Crippen LogP contribution in [0.25, 0.3) is 0 Å². The molecule has 0 aliphatic carbocycles. The molecule has 8 heteroatoms. The summed E-state index contributed by atoms with van der Waals surface area (Å²) in [5.41, 5.74) is 0.867. The average molecular weight is 379 g/mol. The molecular formula is C18H21NO6S. The van der Waals surface area contributed by atoms with Crippen molar-refractivity contribution in [3.8, 4) is 23.0 Å². The number of nitrogens with one attached hydrogen (secondary N) is 1. The number of benzene rings is 2. The van der Waals surface area contributed by atoms with E-state index >= 15 is 0 Å². The second-order valence-electron chi connectivity index (χ2n) is 5.71. The van der Waals surface area contributed by atoms with Crippen molar-refractivity contribution in [2.45, 2.75) is 13.0 Å². The minimum Gasteiger partial charge on any atom is -0.497 e. The highest BCUT2D eigenvalue weighted by atomic mass is 32.2. The molecular weight excluding hydrogens is 358 g/mol. The summed E-state index contributed by atoms with van der Waals surface area (Å²) in [5, 5.41) is 0. The van der Waals surface area contributed by atoms with Gasteiger partial charge in [-0.05, 0) is 36.2 Å². The first-order valence-corrected chi connectivity index (χ1v) is 9.84. The third-order valence-corrected chi connectivity index (χ3v) is 5.24. The Kier molecular flexibility index (Phi) is 5.85. The van der Waals surface area contributed by atoms with E-state index in [0.29, 0.717) is 30.3 Å². The highest BCUT2D eigenvalue weighted by Gasteiger charge is 2.14. The van der Waals surface area contributed by atoms with E-state index in [1.807, 2.05) is 12.1 Å². The molecule has 2 aromatic rings. The van der Waals surface area contributed by atoms with Crippen molar-refractivity contribution in [2.24, 2.45) is 0 Å². The Balaban J connectivity index is 1.40. The molecule has 0 aromatic heterocycles. The van der Waals surface area contributed by atoms with E-state index in [9.17, 15) is 8.42 Å². The molecule has 1 N–H and O–H groups in total. The number of sulfonamides is 1. The summed E-state index contributed by atoms with van der Waals surface area (Å²) in [7, 11) is -1.78. The summed E-state index contributed by atoms with van der Waals surface area (Å²) in [4.78, 5) is 0. The minimum absolute atomic E-state index is 0.00624. The zero-order valence-electron chi connectivity index (χ0n) is 14.4. The van der Waals surface area contributed by atoms with Gasteiger partial charge in [0, 0.05) is 12.6 Å². The van der Waals surface area contributed by atoms with Gasteiger partial charge in [0.2, 0.25) is 16.8 Å². The van der Waals surface area contributed by atoms with Gasteiger partial charge >= 0.3 is 0 Å². The van der Waals surface area contributed by atoms with Crippen LogP contribution in [0.15, 0.2) is 42.5 Å². The number of rotatable bonds is 9. The Labute approximate surface area is 152 Å². The number of hydrogen-bond donors (Lipinski definition) is 1. The van der Waals surface area contributed by atoms with E-state index in [-0.39, 0.29) is 19.1 Å². The van der Waals surface area contributed by atoms with Crippen LogP contribution in [0, 0.1) is 0 Å². The molecule has 3 rings (SSSR count). The average Bonchev–Trinajstić information content (AvgIpc) is 3.12. The largest absolute Gasteiger partial charge is 0.497 e. The van der Waals surface area contributed by atoms with Crippen molar-refractivity contribution in [1.82, 2.24) is 4.72 Å². The van der Waals surface area contributed by atoms with E-state index in [0.717, 1.165) is 11.3 Å². The van der Waals surface area contributed by atoms with Gasteiger partial charge in [0.1, 0.15) is 11.5 Å². The van der Waals surface area contributed by atoms with Crippen molar-refractivity contribution in [1.29, 1.82) is 0 Å². The molecule has 7 nitrogen and oxygen atoms in total. The number of methoxy groups -OCH3 is 1. The van der Waals surface area contributed by atoms with Crippen LogP contribution in [0.2, 0.25) is 0 Å². The van der Waals surface area contributed by atoms with Gasteiger partial charge in [-0.15, -0.1) is 0 Å². The molecule has 26 heavy (non-hydrogen) atoms. The second kappa shape index (κ2) is 8.29. The molecule has 140 valence electrons. The highest BCUT2D eigenvalue weighted by Crippen LogP contribution is 2.35. The lowest BCUT2D eigenvalue weighted by atomic mass is 10.2. The second-order valence-corrected chi connectivity index (χ2v) is 7.63. The molecule has 1 heterocycles. The SMILES string of the molecule is COc1ccc(CNS(=O)(=O)CCCOc2ccc3c(c2)OCO3)cc1. The van der Waals surface area contributed by atoms with E-state index in [1.165, 1.54) is 0 Å². The molecule has 0 fully saturated rings. The monoisotopic (exact) mass is 379 g/mol. The number of fused-ring (bicyclic) bond motifs is 1. The fourth-order valence-electron chi connectivity index (χ4n) is 2.41. The van der Waals surface area contributed by atoms with Gasteiger partial charge in [-0.3, -0.25) is 0 Å². The Morgan fingerprint density at radius 2 is 1.77 bits per heavy atom. The van der Waals surface area contributed by atoms with Gasteiger partial charge in [0.15, 0.2) is 11.5 Å². The minimum atomic E-state index is -3.37. The quantitative estimate of drug-likeness (QED) is 0.673. The van der Waals surface area contributed by atoms with Gasteiger partial charge < -0.3 is 18.9 Å². The van der Waals surface area contributed by atoms with E-state index in [4.69, 9.17) is 18.9 Å². The van der Waals surface area contributed by atoms with Gasteiger partial charge in [0.25, 0.3) is 0 Å². The summed E-state index contributed by atoms with van der Waals surface area (Å²) < 4.78 is 47.9. The Hall–Kier alpha value is -2.45. The summed E-state index contributed by atoms with van der Waals surface area (Å²) >= 11 is 0. The Morgan fingerprint density at radius 3 is 2.54 bits per heavy atom. The third kappa shape index (κ3) is 5.03. The molecule has 0 saturated heterocycles. The lowest BCUT2D eigenvalue weighted by Crippen LogP contribution is -2.26. The van der Waals surface area contributed by atoms with Crippen LogP contribution in [-0.4, -0.2) is 34.7 Å². The molecule has 1 aliphatic rings. The predicted octanol–water partition coefficient (Wildman–Crippen LogP) is 2.31. The van der Waals surface area contributed by atoms with E-state index in [1.54, 1.807) is 37.4 Å². The van der Waals surface area contributed by atoms with Crippen molar-refractivity contribution < 1.29 is 27.4 Å². The molecule has 0 atom stereocenters. The fraction of sp³-hybridized carbons (Fsp3) is 0.333. The summed E-state index contributed by atoms with van der Waals surface area (Å²) in [6, 6.07) is 12.5. The maximum Gasteiger partial charge on any atom is 0.231 e. The van der Waals surface area contributed by atoms with Crippen molar-refractivity contribution in [3.63, 3.8) is 0 Å². The molecule has 2 aromatic carbocycles. The first-order chi connectivity index (χ1) is 12.6. The highest BCUT2D eigenvalue weighted by molar-refractivity contribution is 7.89. The normalized spacial score (nSPS) is 12.8. The predicted molar refractivity (Wildman–Crippen MR) is 96.3 cm³/mol. The van der Waals surface area contributed by atoms with Crippen LogP contribution in [0.4, 0.5) is 0 Å². The fourth-order valence-corrected chi connectivity index (χ4v) is 3.44. The molecule has 0 radical (unpaired) electrons. The molecule has 1 aliphatic heterocycles. The topological polar surface area (TPSA) is 83.1 Å². The Morgan fingerprint density at radius 1 is 1.04 bits per heavy atom. The molecule has 0 spiro atoms. The summed E-state index contributed by atoms with van der Waals surface area (Å²) in [6.07, 6.45) is 0.381. The lowest BCUT2D eigenvalue weighted by Gasteiger charge is -2.09. The van der Waals surface area contributed by atoms with Gasteiger partial charge in [-0.25, -0.2) is 13.1 Å². The maximum atomic E-state index is 12.1. The van der Waals surface area contributed by atoms with E-state index < -0.39 is 10.0 Å². The van der Waals surface area contributed by atoms with Crippen LogP contribution in [-0.2, 0) is 16.6 Å². The lowest BCUT2D eigenvalue weighted by molar-refractivity contribution is 0.173. The van der Waals surface area contributed by atoms with E-state index in [2.05, 4.69) is 4.72 Å². The van der Waals surface area contributed by atoms with Gasteiger partial charge in [0.05, 0.1) is 19.5 Å². The first-order valence-electron chi connectivity index (χ1n) is 8.18. The molecule has 0 saturated carbocycles. The zero-order chi connectivity index (χ0) is 18.4. The van der Waals surface area contributed by atoms with Crippen molar-refractivity contribution >= 4 is 10.0 Å². The van der Waals surface area contributed by atoms with Crippen LogP contribution in [0.5, 0.6) is 23.0 Å². The molecule has 0 amide bonds. The van der Waals surface area contributed by atoms with Crippen LogP contribution < -0.4 is 23.7 Å². The first kappa shape index (κ1) is 18.3. The van der Waals surface area contributed by atoms with Gasteiger partial charge in [-0.1, -0.05) is 12.1 Å². The van der Waals surface area contributed by atoms with Crippen molar-refractivity contribution in [3.05, 3.63) is 48.0 Å². The smallest absolute Gasteiger partial charge is 0.231 e. The summed E-state index contributed by atoms with van der Waals surface area (Å²) in [5.74, 6) is 2.67.